The monoisotopic (exact) mass is 220 g/mol. The highest BCUT2D eigenvalue weighted by Crippen LogP contribution is 2.19. The van der Waals surface area contributed by atoms with Crippen molar-refractivity contribution in [1.29, 1.82) is 0 Å². The third-order valence-electron chi connectivity index (χ3n) is 3.19. The van der Waals surface area contributed by atoms with Gasteiger partial charge < -0.3 is 11.1 Å². The zero-order valence-electron chi connectivity index (χ0n) is 9.82. The van der Waals surface area contributed by atoms with Crippen LogP contribution in [0.4, 0.5) is 5.82 Å². The Balaban J connectivity index is 2.02. The maximum atomic E-state index is 6.15. The molecular weight excluding hydrogens is 200 g/mol. The highest BCUT2D eigenvalue weighted by Gasteiger charge is 2.20. The topological polar surface area (TPSA) is 63.8 Å². The van der Waals surface area contributed by atoms with E-state index < -0.39 is 0 Å². The summed E-state index contributed by atoms with van der Waals surface area (Å²) in [6.45, 7) is 2.02. The maximum absolute atomic E-state index is 6.15. The number of nitrogens with two attached hydrogens (primary N) is 1. The van der Waals surface area contributed by atoms with E-state index in [4.69, 9.17) is 5.73 Å². The van der Waals surface area contributed by atoms with Crippen LogP contribution >= 0.6 is 0 Å². The molecule has 4 nitrogen and oxygen atoms in total. The molecule has 2 atom stereocenters. The molecule has 1 saturated carbocycles. The van der Waals surface area contributed by atoms with Gasteiger partial charge in [-0.3, -0.25) is 0 Å². The fraction of sp³-hybridized carbons (Fsp3) is 0.667. The third kappa shape index (κ3) is 2.92. The summed E-state index contributed by atoms with van der Waals surface area (Å²) in [5, 5.41) is 11.4. The van der Waals surface area contributed by atoms with E-state index in [9.17, 15) is 0 Å². The average molecular weight is 220 g/mol. The van der Waals surface area contributed by atoms with Crippen LogP contribution < -0.4 is 11.1 Å². The summed E-state index contributed by atoms with van der Waals surface area (Å²) >= 11 is 0. The SMILES string of the molecule is Cc1cnnc(NC2CCCCCC2N)c1. The Morgan fingerprint density at radius 1 is 1.31 bits per heavy atom. The zero-order valence-corrected chi connectivity index (χ0v) is 9.82. The summed E-state index contributed by atoms with van der Waals surface area (Å²) in [6.07, 6.45) is 7.81. The van der Waals surface area contributed by atoms with Crippen molar-refractivity contribution in [2.45, 2.75) is 51.1 Å². The Bertz CT molecular complexity index is 340. The second kappa shape index (κ2) is 5.25. The normalized spacial score (nSPS) is 26.1. The molecule has 1 aromatic heterocycles. The van der Waals surface area contributed by atoms with E-state index in [-0.39, 0.29) is 6.04 Å². The molecule has 1 aromatic rings. The van der Waals surface area contributed by atoms with Crippen LogP contribution in [0, 0.1) is 6.92 Å². The molecular formula is C12H20N4. The van der Waals surface area contributed by atoms with E-state index in [0.717, 1.165) is 24.2 Å². The number of hydrogen-bond donors (Lipinski definition) is 2. The highest BCUT2D eigenvalue weighted by molar-refractivity contribution is 5.36. The van der Waals surface area contributed by atoms with Crippen molar-refractivity contribution in [3.63, 3.8) is 0 Å². The zero-order chi connectivity index (χ0) is 11.4. The van der Waals surface area contributed by atoms with Gasteiger partial charge in [-0.2, -0.15) is 5.10 Å². The van der Waals surface area contributed by atoms with Crippen LogP contribution in [0.25, 0.3) is 0 Å². The van der Waals surface area contributed by atoms with Gasteiger partial charge in [-0.1, -0.05) is 19.3 Å². The molecule has 0 aromatic carbocycles. The summed E-state index contributed by atoms with van der Waals surface area (Å²) in [6, 6.07) is 2.60. The Morgan fingerprint density at radius 2 is 2.12 bits per heavy atom. The summed E-state index contributed by atoms with van der Waals surface area (Å²) in [4.78, 5) is 0. The van der Waals surface area contributed by atoms with E-state index >= 15 is 0 Å². The summed E-state index contributed by atoms with van der Waals surface area (Å²) in [7, 11) is 0. The van der Waals surface area contributed by atoms with Crippen LogP contribution in [0.2, 0.25) is 0 Å². The van der Waals surface area contributed by atoms with Crippen molar-refractivity contribution in [3.05, 3.63) is 17.8 Å². The first kappa shape index (κ1) is 11.3. The molecule has 1 fully saturated rings. The van der Waals surface area contributed by atoms with Gasteiger partial charge >= 0.3 is 0 Å². The van der Waals surface area contributed by atoms with Gasteiger partial charge in [0.25, 0.3) is 0 Å². The first-order valence-electron chi connectivity index (χ1n) is 6.07. The highest BCUT2D eigenvalue weighted by atomic mass is 15.2. The number of aromatic nitrogens is 2. The summed E-state index contributed by atoms with van der Waals surface area (Å²) in [5.41, 5.74) is 7.28. The molecule has 4 heteroatoms. The van der Waals surface area contributed by atoms with Crippen LogP contribution in [0.15, 0.2) is 12.3 Å². The molecule has 0 aliphatic heterocycles. The van der Waals surface area contributed by atoms with Gasteiger partial charge in [0.15, 0.2) is 0 Å². The first-order chi connectivity index (χ1) is 7.75. The number of anilines is 1. The van der Waals surface area contributed by atoms with Gasteiger partial charge in [0.1, 0.15) is 5.82 Å². The predicted octanol–water partition coefficient (Wildman–Crippen LogP) is 1.86. The van der Waals surface area contributed by atoms with Crippen LogP contribution in [0.5, 0.6) is 0 Å². The Morgan fingerprint density at radius 3 is 2.94 bits per heavy atom. The molecule has 3 N–H and O–H groups in total. The van der Waals surface area contributed by atoms with Crippen LogP contribution in [-0.2, 0) is 0 Å². The minimum absolute atomic E-state index is 0.241. The second-order valence-electron chi connectivity index (χ2n) is 4.67. The van der Waals surface area contributed by atoms with Gasteiger partial charge in [-0.15, -0.1) is 5.10 Å². The van der Waals surface area contributed by atoms with Crippen LogP contribution in [0.3, 0.4) is 0 Å². The lowest BCUT2D eigenvalue weighted by molar-refractivity contribution is 0.526. The second-order valence-corrected chi connectivity index (χ2v) is 4.67. The molecule has 2 unspecified atom stereocenters. The van der Waals surface area contributed by atoms with E-state index in [1.54, 1.807) is 6.20 Å². The van der Waals surface area contributed by atoms with Crippen molar-refractivity contribution < 1.29 is 0 Å². The largest absolute Gasteiger partial charge is 0.364 e. The Kier molecular flexibility index (Phi) is 3.72. The van der Waals surface area contributed by atoms with Gasteiger partial charge in [0, 0.05) is 12.1 Å². The molecule has 0 saturated heterocycles. The van der Waals surface area contributed by atoms with E-state index in [1.165, 1.54) is 19.3 Å². The van der Waals surface area contributed by atoms with Crippen molar-refractivity contribution >= 4 is 5.82 Å². The van der Waals surface area contributed by atoms with Crippen molar-refractivity contribution in [3.8, 4) is 0 Å². The van der Waals surface area contributed by atoms with E-state index in [0.29, 0.717) is 6.04 Å². The molecule has 0 radical (unpaired) electrons. The van der Waals surface area contributed by atoms with Gasteiger partial charge in [-0.25, -0.2) is 0 Å². The number of nitrogens with zero attached hydrogens (tertiary/aromatic N) is 2. The van der Waals surface area contributed by atoms with Gasteiger partial charge in [-0.05, 0) is 31.4 Å². The molecule has 1 aliphatic carbocycles. The lowest BCUT2D eigenvalue weighted by Gasteiger charge is -2.22. The number of aryl methyl sites for hydroxylation is 1. The maximum Gasteiger partial charge on any atom is 0.149 e. The first-order valence-corrected chi connectivity index (χ1v) is 6.07. The summed E-state index contributed by atoms with van der Waals surface area (Å²) < 4.78 is 0. The summed E-state index contributed by atoms with van der Waals surface area (Å²) in [5.74, 6) is 0.849. The van der Waals surface area contributed by atoms with Gasteiger partial charge in [0.2, 0.25) is 0 Å². The molecule has 16 heavy (non-hydrogen) atoms. The number of rotatable bonds is 2. The van der Waals surface area contributed by atoms with Crippen molar-refractivity contribution in [2.24, 2.45) is 5.73 Å². The van der Waals surface area contributed by atoms with Crippen LogP contribution in [0.1, 0.15) is 37.7 Å². The molecule has 0 amide bonds. The quantitative estimate of drug-likeness (QED) is 0.747. The Labute approximate surface area is 96.6 Å². The lowest BCUT2D eigenvalue weighted by atomic mass is 10.0. The molecule has 0 bridgehead atoms. The number of nitrogens with one attached hydrogen (secondary N) is 1. The fourth-order valence-electron chi connectivity index (χ4n) is 2.24. The molecule has 0 spiro atoms. The smallest absolute Gasteiger partial charge is 0.149 e. The van der Waals surface area contributed by atoms with E-state index in [2.05, 4.69) is 15.5 Å². The molecule has 1 heterocycles. The lowest BCUT2D eigenvalue weighted by Crippen LogP contribution is -2.39. The molecule has 2 rings (SSSR count). The van der Waals surface area contributed by atoms with Crippen molar-refractivity contribution in [2.75, 3.05) is 5.32 Å². The third-order valence-corrected chi connectivity index (χ3v) is 3.19. The predicted molar refractivity (Wildman–Crippen MR) is 65.2 cm³/mol. The van der Waals surface area contributed by atoms with Crippen LogP contribution in [-0.4, -0.2) is 22.3 Å². The minimum atomic E-state index is 0.241. The van der Waals surface area contributed by atoms with Crippen molar-refractivity contribution in [1.82, 2.24) is 10.2 Å². The minimum Gasteiger partial charge on any atom is -0.364 e. The van der Waals surface area contributed by atoms with Gasteiger partial charge in [0.05, 0.1) is 6.20 Å². The average Bonchev–Trinajstić information content (AvgIpc) is 2.45. The standard InChI is InChI=1S/C12H20N4/c1-9-7-12(16-14-8-9)15-11-6-4-2-3-5-10(11)13/h7-8,10-11H,2-6,13H2,1H3,(H,15,16). The molecule has 88 valence electrons. The fourth-order valence-corrected chi connectivity index (χ4v) is 2.24. The molecule has 1 aliphatic rings. The van der Waals surface area contributed by atoms with E-state index in [1.807, 2.05) is 13.0 Å². The Hall–Kier alpha value is -1.16. The number of hydrogen-bond acceptors (Lipinski definition) is 4.